The van der Waals surface area contributed by atoms with Gasteiger partial charge in [0.2, 0.25) is 0 Å². The van der Waals surface area contributed by atoms with Crippen molar-refractivity contribution >= 4 is 46.8 Å². The zero-order valence-electron chi connectivity index (χ0n) is 20.3. The number of alkyl halides is 3. The van der Waals surface area contributed by atoms with E-state index in [2.05, 4.69) is 10.3 Å². The minimum absolute atomic E-state index is 0.0328. The van der Waals surface area contributed by atoms with Gasteiger partial charge in [-0.1, -0.05) is 12.1 Å². The van der Waals surface area contributed by atoms with Gasteiger partial charge in [0, 0.05) is 37.1 Å². The van der Waals surface area contributed by atoms with Gasteiger partial charge in [-0.05, 0) is 66.1 Å². The SMILES string of the molecule is COc1ccc(CNc2ccc(/C=C3\SC(N4CCC(C(=O)O)CC4)=NC3=O)cc2C=N)c(C(F)(F)F)c1. The number of aliphatic imine (C=N–C) groups is 1. The minimum Gasteiger partial charge on any atom is -0.497 e. The third-order valence-electron chi connectivity index (χ3n) is 6.34. The molecule has 0 aromatic heterocycles. The maximum atomic E-state index is 13.5. The van der Waals surface area contributed by atoms with Crippen molar-refractivity contribution in [2.24, 2.45) is 10.9 Å². The van der Waals surface area contributed by atoms with Gasteiger partial charge in [0.25, 0.3) is 5.91 Å². The van der Waals surface area contributed by atoms with E-state index >= 15 is 0 Å². The molecular formula is C26H25F3N4O4S. The molecule has 2 aliphatic heterocycles. The molecule has 1 fully saturated rings. The summed E-state index contributed by atoms with van der Waals surface area (Å²) in [5, 5.41) is 20.4. The topological polar surface area (TPSA) is 115 Å². The smallest absolute Gasteiger partial charge is 0.416 e. The van der Waals surface area contributed by atoms with E-state index in [-0.39, 0.29) is 23.8 Å². The van der Waals surface area contributed by atoms with E-state index in [0.717, 1.165) is 12.3 Å². The van der Waals surface area contributed by atoms with Crippen LogP contribution in [-0.2, 0) is 22.3 Å². The number of benzene rings is 2. The molecular weight excluding hydrogens is 521 g/mol. The maximum Gasteiger partial charge on any atom is 0.416 e. The van der Waals surface area contributed by atoms with Crippen LogP contribution in [0.5, 0.6) is 5.75 Å². The molecule has 200 valence electrons. The van der Waals surface area contributed by atoms with E-state index in [1.807, 2.05) is 4.90 Å². The number of rotatable bonds is 7. The molecule has 1 saturated heterocycles. The number of piperidine rings is 1. The van der Waals surface area contributed by atoms with Crippen LogP contribution < -0.4 is 10.1 Å². The number of hydrogen-bond acceptors (Lipinski definition) is 7. The lowest BCUT2D eigenvalue weighted by atomic mass is 9.98. The zero-order chi connectivity index (χ0) is 27.4. The lowest BCUT2D eigenvalue weighted by molar-refractivity contribution is -0.143. The quantitative estimate of drug-likeness (QED) is 0.327. The Morgan fingerprint density at radius 3 is 2.63 bits per heavy atom. The Labute approximate surface area is 221 Å². The van der Waals surface area contributed by atoms with Crippen LogP contribution in [0.3, 0.4) is 0 Å². The van der Waals surface area contributed by atoms with Crippen LogP contribution in [0.15, 0.2) is 46.3 Å². The molecule has 8 nitrogen and oxygen atoms in total. The first-order chi connectivity index (χ1) is 18.1. The summed E-state index contributed by atoms with van der Waals surface area (Å²) in [6.07, 6.45) is -0.845. The average Bonchev–Trinajstić information content (AvgIpc) is 3.27. The first-order valence-corrected chi connectivity index (χ1v) is 12.5. The molecule has 12 heteroatoms. The Morgan fingerprint density at radius 2 is 2.00 bits per heavy atom. The third kappa shape index (κ3) is 6.18. The number of amidine groups is 1. The molecule has 38 heavy (non-hydrogen) atoms. The predicted molar refractivity (Wildman–Crippen MR) is 140 cm³/mol. The van der Waals surface area contributed by atoms with E-state index < -0.39 is 23.6 Å². The number of anilines is 1. The summed E-state index contributed by atoms with van der Waals surface area (Å²) in [7, 11) is 1.30. The van der Waals surface area contributed by atoms with E-state index in [1.54, 1.807) is 24.3 Å². The second-order valence-corrected chi connectivity index (χ2v) is 9.78. The maximum absolute atomic E-state index is 13.5. The molecule has 2 aromatic rings. The predicted octanol–water partition coefficient (Wildman–Crippen LogP) is 5.09. The first-order valence-electron chi connectivity index (χ1n) is 11.7. The highest BCUT2D eigenvalue weighted by atomic mass is 32.2. The molecule has 0 bridgehead atoms. The van der Waals surface area contributed by atoms with Gasteiger partial charge in [0.05, 0.1) is 23.5 Å². The fourth-order valence-corrected chi connectivity index (χ4v) is 5.21. The number of likely N-dealkylation sites (tertiary alicyclic amines) is 1. The van der Waals surface area contributed by atoms with E-state index in [0.29, 0.717) is 52.8 Å². The van der Waals surface area contributed by atoms with Crippen molar-refractivity contribution in [3.8, 4) is 5.75 Å². The summed E-state index contributed by atoms with van der Waals surface area (Å²) >= 11 is 1.21. The van der Waals surface area contributed by atoms with Crippen LogP contribution in [0, 0.1) is 11.3 Å². The molecule has 0 unspecified atom stereocenters. The number of amides is 1. The molecule has 3 N–H and O–H groups in total. The number of thioether (sulfide) groups is 1. The van der Waals surface area contributed by atoms with Gasteiger partial charge in [-0.2, -0.15) is 18.2 Å². The van der Waals surface area contributed by atoms with Crippen LogP contribution in [0.1, 0.15) is 35.1 Å². The Hall–Kier alpha value is -3.80. The lowest BCUT2D eigenvalue weighted by Crippen LogP contribution is -2.38. The lowest BCUT2D eigenvalue weighted by Gasteiger charge is -2.30. The highest BCUT2D eigenvalue weighted by Crippen LogP contribution is 2.35. The van der Waals surface area contributed by atoms with Crippen molar-refractivity contribution in [1.82, 2.24) is 4.90 Å². The van der Waals surface area contributed by atoms with E-state index in [4.69, 9.17) is 15.3 Å². The van der Waals surface area contributed by atoms with Gasteiger partial charge < -0.3 is 25.5 Å². The number of carboxylic acids is 1. The van der Waals surface area contributed by atoms with E-state index in [1.165, 1.54) is 31.0 Å². The number of carboxylic acid groups (broad SMARTS) is 1. The van der Waals surface area contributed by atoms with Crippen LogP contribution in [0.4, 0.5) is 18.9 Å². The largest absolute Gasteiger partial charge is 0.497 e. The number of carbonyl (C=O) groups excluding carboxylic acids is 1. The normalized spacial score (nSPS) is 17.5. The second-order valence-electron chi connectivity index (χ2n) is 8.78. The summed E-state index contributed by atoms with van der Waals surface area (Å²) < 4.78 is 45.5. The number of halogens is 3. The fourth-order valence-electron chi connectivity index (χ4n) is 4.24. The zero-order valence-corrected chi connectivity index (χ0v) is 21.2. The average molecular weight is 547 g/mol. The minimum atomic E-state index is -4.55. The summed E-state index contributed by atoms with van der Waals surface area (Å²) in [6.45, 7) is 0.891. The Balaban J connectivity index is 1.45. The number of nitrogens with zero attached hydrogens (tertiary/aromatic N) is 2. The molecule has 0 aliphatic carbocycles. The molecule has 2 aliphatic rings. The van der Waals surface area contributed by atoms with Crippen LogP contribution in [0.25, 0.3) is 6.08 Å². The monoisotopic (exact) mass is 546 g/mol. The summed E-state index contributed by atoms with van der Waals surface area (Å²) in [5.41, 5.74) is 0.766. The molecule has 4 rings (SSSR count). The number of ether oxygens (including phenoxy) is 1. The van der Waals surface area contributed by atoms with Crippen LogP contribution in [0.2, 0.25) is 0 Å². The second kappa shape index (κ2) is 11.3. The van der Waals surface area contributed by atoms with Gasteiger partial charge in [-0.3, -0.25) is 9.59 Å². The van der Waals surface area contributed by atoms with Gasteiger partial charge in [0.15, 0.2) is 5.17 Å². The number of aliphatic carboxylic acids is 1. The Kier molecular flexibility index (Phi) is 8.10. The molecule has 0 spiro atoms. The first kappa shape index (κ1) is 27.2. The van der Waals surface area contributed by atoms with Crippen LogP contribution >= 0.6 is 11.8 Å². The number of carbonyl (C=O) groups is 2. The van der Waals surface area contributed by atoms with Crippen molar-refractivity contribution in [3.05, 3.63) is 63.6 Å². The highest BCUT2D eigenvalue weighted by Gasteiger charge is 2.34. The number of hydrogen-bond donors (Lipinski definition) is 3. The standard InChI is InChI=1S/C26H25F3N4O4S/c1-37-19-4-3-17(20(12-19)26(27,28)29)14-31-21-5-2-15(10-18(21)13-30)11-22-23(34)32-25(38-22)33-8-6-16(7-9-33)24(35)36/h2-5,10-13,16,30-31H,6-9,14H2,1H3,(H,35,36)/b22-11-,30-13?. The summed E-state index contributed by atoms with van der Waals surface area (Å²) in [5.74, 6) is -1.49. The molecule has 0 saturated carbocycles. The van der Waals surface area contributed by atoms with E-state index in [9.17, 15) is 22.8 Å². The molecule has 2 aromatic carbocycles. The van der Waals surface area contributed by atoms with Gasteiger partial charge >= 0.3 is 12.1 Å². The number of nitrogens with one attached hydrogen (secondary N) is 2. The van der Waals surface area contributed by atoms with Crippen LogP contribution in [-0.4, -0.2) is 53.5 Å². The Morgan fingerprint density at radius 1 is 1.26 bits per heavy atom. The van der Waals surface area contributed by atoms with Gasteiger partial charge in [0.1, 0.15) is 5.75 Å². The molecule has 0 radical (unpaired) electrons. The number of methoxy groups -OCH3 is 1. The van der Waals surface area contributed by atoms with Gasteiger partial charge in [-0.15, -0.1) is 0 Å². The molecule has 1 amide bonds. The molecule has 0 atom stereocenters. The molecule has 2 heterocycles. The Bertz CT molecular complexity index is 1320. The third-order valence-corrected chi connectivity index (χ3v) is 7.39. The highest BCUT2D eigenvalue weighted by molar-refractivity contribution is 8.18. The van der Waals surface area contributed by atoms with Crippen molar-refractivity contribution < 1.29 is 32.6 Å². The van der Waals surface area contributed by atoms with Gasteiger partial charge in [-0.25, -0.2) is 0 Å². The summed E-state index contributed by atoms with van der Waals surface area (Å²) in [4.78, 5) is 30.1. The van der Waals surface area contributed by atoms with Crippen molar-refractivity contribution in [2.45, 2.75) is 25.6 Å². The summed E-state index contributed by atoms with van der Waals surface area (Å²) in [6, 6.07) is 8.76. The van der Waals surface area contributed by atoms with Crippen molar-refractivity contribution in [2.75, 3.05) is 25.5 Å². The van der Waals surface area contributed by atoms with Crippen molar-refractivity contribution in [3.63, 3.8) is 0 Å². The fraction of sp³-hybridized carbons (Fsp3) is 0.308. The van der Waals surface area contributed by atoms with Crippen molar-refractivity contribution in [1.29, 1.82) is 5.41 Å².